The smallest absolute Gasteiger partial charge is 0.279 e. The lowest BCUT2D eigenvalue weighted by Crippen LogP contribution is -2.49. The van der Waals surface area contributed by atoms with Gasteiger partial charge in [-0.1, -0.05) is 27.2 Å². The van der Waals surface area contributed by atoms with Crippen LogP contribution in [-0.4, -0.2) is 44.9 Å². The summed E-state index contributed by atoms with van der Waals surface area (Å²) >= 11 is 0. The second kappa shape index (κ2) is 9.08. The summed E-state index contributed by atoms with van der Waals surface area (Å²) in [4.78, 5) is 0. The summed E-state index contributed by atoms with van der Waals surface area (Å²) in [5, 5.41) is 3.32. The second-order valence-electron chi connectivity index (χ2n) is 6.45. The number of nitrogens with zero attached hydrogens (tertiary/aromatic N) is 1. The first-order valence-corrected chi connectivity index (χ1v) is 9.81. The van der Waals surface area contributed by atoms with Crippen molar-refractivity contribution in [1.29, 1.82) is 0 Å². The SMILES string of the molecule is CCNCC1CCCN(S(=O)(=O)NC(C)CC(C)CC)C1. The molecular formula is C15H33N3O2S. The molecule has 0 saturated carbocycles. The van der Waals surface area contributed by atoms with Crippen molar-refractivity contribution in [2.75, 3.05) is 26.2 Å². The molecule has 1 rings (SSSR count). The predicted octanol–water partition coefficient (Wildman–Crippen LogP) is 1.97. The van der Waals surface area contributed by atoms with E-state index in [2.05, 4.69) is 30.8 Å². The van der Waals surface area contributed by atoms with Gasteiger partial charge in [-0.3, -0.25) is 0 Å². The first-order chi connectivity index (χ1) is 9.89. The third-order valence-electron chi connectivity index (χ3n) is 4.31. The fourth-order valence-electron chi connectivity index (χ4n) is 2.91. The summed E-state index contributed by atoms with van der Waals surface area (Å²) in [5.74, 6) is 0.978. The Kier molecular flexibility index (Phi) is 8.16. The number of rotatable bonds is 9. The Labute approximate surface area is 131 Å². The van der Waals surface area contributed by atoms with Crippen molar-refractivity contribution in [2.24, 2.45) is 11.8 Å². The Balaban J connectivity index is 2.52. The summed E-state index contributed by atoms with van der Waals surface area (Å²) in [5.41, 5.74) is 0. The summed E-state index contributed by atoms with van der Waals surface area (Å²) < 4.78 is 29.4. The van der Waals surface area contributed by atoms with E-state index in [0.717, 1.165) is 38.8 Å². The molecule has 1 saturated heterocycles. The van der Waals surface area contributed by atoms with Gasteiger partial charge >= 0.3 is 0 Å². The highest BCUT2D eigenvalue weighted by molar-refractivity contribution is 7.87. The molecule has 21 heavy (non-hydrogen) atoms. The lowest BCUT2D eigenvalue weighted by atomic mass is 10.00. The molecule has 0 aromatic carbocycles. The van der Waals surface area contributed by atoms with Gasteiger partial charge in [-0.25, -0.2) is 0 Å². The van der Waals surface area contributed by atoms with Gasteiger partial charge < -0.3 is 5.32 Å². The summed E-state index contributed by atoms with van der Waals surface area (Å²) in [6, 6.07) is -0.000840. The minimum atomic E-state index is -3.34. The van der Waals surface area contributed by atoms with E-state index in [1.165, 1.54) is 0 Å². The van der Waals surface area contributed by atoms with Crippen molar-refractivity contribution in [3.05, 3.63) is 0 Å². The van der Waals surface area contributed by atoms with E-state index in [-0.39, 0.29) is 6.04 Å². The molecular weight excluding hydrogens is 286 g/mol. The largest absolute Gasteiger partial charge is 0.317 e. The Morgan fingerprint density at radius 2 is 2.00 bits per heavy atom. The highest BCUT2D eigenvalue weighted by Crippen LogP contribution is 2.19. The lowest BCUT2D eigenvalue weighted by molar-refractivity contribution is 0.257. The Hall–Kier alpha value is -0.170. The van der Waals surface area contributed by atoms with Crippen LogP contribution in [0.5, 0.6) is 0 Å². The fourth-order valence-corrected chi connectivity index (χ4v) is 4.44. The molecule has 0 amide bonds. The number of hydrogen-bond donors (Lipinski definition) is 2. The maximum Gasteiger partial charge on any atom is 0.279 e. The van der Waals surface area contributed by atoms with Crippen molar-refractivity contribution in [3.63, 3.8) is 0 Å². The molecule has 3 atom stereocenters. The van der Waals surface area contributed by atoms with E-state index in [9.17, 15) is 8.42 Å². The van der Waals surface area contributed by atoms with Gasteiger partial charge in [-0.15, -0.1) is 0 Å². The molecule has 5 nitrogen and oxygen atoms in total. The van der Waals surface area contributed by atoms with Crippen molar-refractivity contribution in [2.45, 2.75) is 59.4 Å². The van der Waals surface area contributed by atoms with Gasteiger partial charge in [0.05, 0.1) is 0 Å². The van der Waals surface area contributed by atoms with E-state index in [4.69, 9.17) is 0 Å². The summed E-state index contributed by atoms with van der Waals surface area (Å²) in [6.07, 6.45) is 4.04. The Morgan fingerprint density at radius 1 is 1.29 bits per heavy atom. The molecule has 0 spiro atoms. The zero-order chi connectivity index (χ0) is 15.9. The zero-order valence-electron chi connectivity index (χ0n) is 14.1. The van der Waals surface area contributed by atoms with Crippen LogP contribution in [0.2, 0.25) is 0 Å². The van der Waals surface area contributed by atoms with Crippen LogP contribution in [0.3, 0.4) is 0 Å². The second-order valence-corrected chi connectivity index (χ2v) is 8.15. The van der Waals surface area contributed by atoms with Gasteiger partial charge in [0.25, 0.3) is 10.2 Å². The van der Waals surface area contributed by atoms with Gasteiger partial charge in [0, 0.05) is 19.1 Å². The van der Waals surface area contributed by atoms with E-state index >= 15 is 0 Å². The van der Waals surface area contributed by atoms with Crippen molar-refractivity contribution in [3.8, 4) is 0 Å². The Morgan fingerprint density at radius 3 is 2.62 bits per heavy atom. The molecule has 0 aromatic heterocycles. The molecule has 0 aromatic rings. The number of nitrogens with one attached hydrogen (secondary N) is 2. The fraction of sp³-hybridized carbons (Fsp3) is 1.00. The van der Waals surface area contributed by atoms with Crippen LogP contribution >= 0.6 is 0 Å². The van der Waals surface area contributed by atoms with E-state index in [1.54, 1.807) is 4.31 Å². The molecule has 1 heterocycles. The maximum absolute atomic E-state index is 12.5. The van der Waals surface area contributed by atoms with E-state index < -0.39 is 10.2 Å². The van der Waals surface area contributed by atoms with Crippen LogP contribution in [0.15, 0.2) is 0 Å². The molecule has 6 heteroatoms. The third-order valence-corrected chi connectivity index (χ3v) is 6.02. The van der Waals surface area contributed by atoms with Gasteiger partial charge in [0.1, 0.15) is 0 Å². The average Bonchev–Trinajstić information content (AvgIpc) is 2.44. The highest BCUT2D eigenvalue weighted by Gasteiger charge is 2.29. The standard InChI is InChI=1S/C15H33N3O2S/c1-5-13(3)10-14(4)17-21(19,20)18-9-7-8-15(12-18)11-16-6-2/h13-17H,5-12H2,1-4H3. The predicted molar refractivity (Wildman–Crippen MR) is 88.4 cm³/mol. The maximum atomic E-state index is 12.5. The minimum Gasteiger partial charge on any atom is -0.317 e. The van der Waals surface area contributed by atoms with Crippen LogP contribution in [0.25, 0.3) is 0 Å². The molecule has 0 bridgehead atoms. The molecule has 1 aliphatic rings. The number of hydrogen-bond acceptors (Lipinski definition) is 3. The van der Waals surface area contributed by atoms with Gasteiger partial charge in [-0.05, 0) is 51.1 Å². The lowest BCUT2D eigenvalue weighted by Gasteiger charge is -2.33. The van der Waals surface area contributed by atoms with E-state index in [1.807, 2.05) is 6.92 Å². The monoisotopic (exact) mass is 319 g/mol. The van der Waals surface area contributed by atoms with Crippen LogP contribution < -0.4 is 10.0 Å². The third kappa shape index (κ3) is 6.63. The van der Waals surface area contributed by atoms with E-state index in [0.29, 0.717) is 24.9 Å². The van der Waals surface area contributed by atoms with Crippen molar-refractivity contribution in [1.82, 2.24) is 14.3 Å². The van der Waals surface area contributed by atoms with Gasteiger partial charge in [0.2, 0.25) is 0 Å². The first kappa shape index (κ1) is 18.9. The van der Waals surface area contributed by atoms with Crippen LogP contribution in [0.4, 0.5) is 0 Å². The quantitative estimate of drug-likeness (QED) is 0.683. The van der Waals surface area contributed by atoms with Crippen LogP contribution in [0.1, 0.15) is 53.4 Å². The first-order valence-electron chi connectivity index (χ1n) is 8.37. The summed E-state index contributed by atoms with van der Waals surface area (Å²) in [6.45, 7) is 11.5. The molecule has 0 aliphatic carbocycles. The molecule has 1 aliphatic heterocycles. The molecule has 3 unspecified atom stereocenters. The minimum absolute atomic E-state index is 0.000840. The number of piperidine rings is 1. The Bertz CT molecular complexity index is 386. The molecule has 126 valence electrons. The highest BCUT2D eigenvalue weighted by atomic mass is 32.2. The topological polar surface area (TPSA) is 61.4 Å². The zero-order valence-corrected chi connectivity index (χ0v) is 14.9. The van der Waals surface area contributed by atoms with Crippen molar-refractivity contribution < 1.29 is 8.42 Å². The molecule has 2 N–H and O–H groups in total. The molecule has 1 fully saturated rings. The average molecular weight is 320 g/mol. The molecule has 0 radical (unpaired) electrons. The van der Waals surface area contributed by atoms with Crippen molar-refractivity contribution >= 4 is 10.2 Å². The van der Waals surface area contributed by atoms with Crippen LogP contribution in [-0.2, 0) is 10.2 Å². The summed E-state index contributed by atoms with van der Waals surface area (Å²) in [7, 11) is -3.34. The van der Waals surface area contributed by atoms with Crippen LogP contribution in [0, 0.1) is 11.8 Å². The van der Waals surface area contributed by atoms with Gasteiger partial charge in [-0.2, -0.15) is 17.4 Å². The van der Waals surface area contributed by atoms with Gasteiger partial charge in [0.15, 0.2) is 0 Å². The normalized spacial score (nSPS) is 23.9.